The Bertz CT molecular complexity index is 924. The van der Waals surface area contributed by atoms with Gasteiger partial charge in [-0.1, -0.05) is 0 Å². The Hall–Kier alpha value is -2.51. The number of carbonyl (C=O) groups excluding carboxylic acids is 1. The number of benzene rings is 1. The number of aryl methyl sites for hydroxylation is 1. The molecule has 1 aromatic heterocycles. The molecule has 1 amide bonds. The van der Waals surface area contributed by atoms with Crippen LogP contribution in [-0.4, -0.2) is 65.2 Å². The number of hydrogen-bond acceptors (Lipinski definition) is 4. The van der Waals surface area contributed by atoms with Gasteiger partial charge in [-0.3, -0.25) is 14.2 Å². The number of aromatic nitrogens is 1. The highest BCUT2D eigenvalue weighted by Crippen LogP contribution is 2.21. The minimum Gasteiger partial charge on any atom is -0.396 e. The second-order valence-electron chi connectivity index (χ2n) is 7.98. The number of hydrogen-bond donors (Lipinski definition) is 1. The van der Waals surface area contributed by atoms with Gasteiger partial charge in [0.15, 0.2) is 0 Å². The number of likely N-dealkylation sites (N-methyl/N-ethyl adjacent to an activating group) is 1. The lowest BCUT2D eigenvalue weighted by molar-refractivity contribution is 0.0686. The summed E-state index contributed by atoms with van der Waals surface area (Å²) in [5, 5.41) is 9.69. The van der Waals surface area contributed by atoms with E-state index in [1.165, 1.54) is 28.8 Å². The van der Waals surface area contributed by atoms with Crippen LogP contribution in [0.4, 0.5) is 4.39 Å². The maximum Gasteiger partial charge on any atom is 0.268 e. The fourth-order valence-corrected chi connectivity index (χ4v) is 3.84. The topological polar surface area (TPSA) is 65.8 Å². The van der Waals surface area contributed by atoms with Gasteiger partial charge in [0.1, 0.15) is 11.4 Å². The molecule has 156 valence electrons. The van der Waals surface area contributed by atoms with Crippen molar-refractivity contribution < 1.29 is 14.3 Å². The molecule has 29 heavy (non-hydrogen) atoms. The van der Waals surface area contributed by atoms with Gasteiger partial charge in [-0.15, -0.1) is 0 Å². The zero-order valence-electron chi connectivity index (χ0n) is 17.1. The van der Waals surface area contributed by atoms with Crippen molar-refractivity contribution in [3.63, 3.8) is 0 Å². The van der Waals surface area contributed by atoms with E-state index in [9.17, 15) is 19.1 Å². The Labute approximate surface area is 170 Å². The number of halogens is 1. The third-order valence-corrected chi connectivity index (χ3v) is 5.71. The number of aliphatic hydroxyl groups is 1. The van der Waals surface area contributed by atoms with Crippen LogP contribution >= 0.6 is 0 Å². The Morgan fingerprint density at radius 2 is 1.86 bits per heavy atom. The van der Waals surface area contributed by atoms with Crippen molar-refractivity contribution in [3.05, 3.63) is 63.8 Å². The highest BCUT2D eigenvalue weighted by molar-refractivity contribution is 5.95. The van der Waals surface area contributed by atoms with Crippen LogP contribution in [0.1, 0.15) is 28.8 Å². The standard InChI is InChI=1S/C22H28FN3O3/c1-15-10-11-26(18-8-5-17(23)6-9-18)22(29)20(15)21(28)25-12-16(14-27)4-7-19(13-25)24(2)3/h5-6,8-11,16,19,27H,4,7,12-14H2,1-3H3/t16-,19+/m0/s1. The molecule has 1 aliphatic rings. The summed E-state index contributed by atoms with van der Waals surface area (Å²) in [5.74, 6) is -0.719. The minimum absolute atomic E-state index is 0.00718. The number of likely N-dealkylation sites (tertiary alicyclic amines) is 1. The fourth-order valence-electron chi connectivity index (χ4n) is 3.84. The largest absolute Gasteiger partial charge is 0.396 e. The zero-order chi connectivity index (χ0) is 21.1. The van der Waals surface area contributed by atoms with Crippen LogP contribution in [0, 0.1) is 18.7 Å². The third kappa shape index (κ3) is 4.57. The zero-order valence-corrected chi connectivity index (χ0v) is 17.1. The molecule has 2 atom stereocenters. The molecule has 1 saturated heterocycles. The summed E-state index contributed by atoms with van der Waals surface area (Å²) in [6.07, 6.45) is 3.32. The molecule has 1 N–H and O–H groups in total. The summed E-state index contributed by atoms with van der Waals surface area (Å²) in [7, 11) is 3.95. The highest BCUT2D eigenvalue weighted by atomic mass is 19.1. The van der Waals surface area contributed by atoms with Gasteiger partial charge >= 0.3 is 0 Å². The molecule has 0 radical (unpaired) electrons. The first-order chi connectivity index (χ1) is 13.8. The van der Waals surface area contributed by atoms with Crippen LogP contribution in [0.3, 0.4) is 0 Å². The summed E-state index contributed by atoms with van der Waals surface area (Å²) < 4.78 is 14.6. The van der Waals surface area contributed by atoms with Crippen LogP contribution in [0.25, 0.3) is 5.69 Å². The van der Waals surface area contributed by atoms with E-state index in [4.69, 9.17) is 0 Å². The average Bonchev–Trinajstić information content (AvgIpc) is 2.92. The third-order valence-electron chi connectivity index (χ3n) is 5.71. The van der Waals surface area contributed by atoms with Gasteiger partial charge in [0, 0.05) is 37.6 Å². The van der Waals surface area contributed by atoms with Crippen LogP contribution in [0.15, 0.2) is 41.3 Å². The van der Waals surface area contributed by atoms with Gasteiger partial charge in [-0.2, -0.15) is 0 Å². The first-order valence-electron chi connectivity index (χ1n) is 9.86. The summed E-state index contributed by atoms with van der Waals surface area (Å²) in [5.41, 5.74) is 0.797. The maximum atomic E-state index is 13.4. The molecule has 0 spiro atoms. The molecule has 1 fully saturated rings. The van der Waals surface area contributed by atoms with Gasteiger partial charge in [-0.25, -0.2) is 4.39 Å². The average molecular weight is 401 g/mol. The predicted octanol–water partition coefficient (Wildman–Crippen LogP) is 2.06. The molecule has 2 aromatic rings. The molecular weight excluding hydrogens is 373 g/mol. The molecule has 0 bridgehead atoms. The highest BCUT2D eigenvalue weighted by Gasteiger charge is 2.30. The summed E-state index contributed by atoms with van der Waals surface area (Å²) >= 11 is 0. The molecule has 3 rings (SSSR count). The van der Waals surface area contributed by atoms with Gasteiger partial charge < -0.3 is 14.9 Å². The number of pyridine rings is 1. The quantitative estimate of drug-likeness (QED) is 0.852. The lowest BCUT2D eigenvalue weighted by Crippen LogP contribution is -2.45. The van der Waals surface area contributed by atoms with E-state index in [1.54, 1.807) is 24.1 Å². The molecule has 0 unspecified atom stereocenters. The monoisotopic (exact) mass is 401 g/mol. The predicted molar refractivity (Wildman–Crippen MR) is 110 cm³/mol. The molecule has 0 saturated carbocycles. The number of rotatable bonds is 4. The fraction of sp³-hybridized carbons (Fsp3) is 0.455. The van der Waals surface area contributed by atoms with E-state index in [0.717, 1.165) is 12.8 Å². The van der Waals surface area contributed by atoms with Crippen LogP contribution in [-0.2, 0) is 0 Å². The SMILES string of the molecule is Cc1ccn(-c2ccc(F)cc2)c(=O)c1C(=O)N1C[C@@H](CO)CC[C@@H](N(C)C)C1. The van der Waals surface area contributed by atoms with Crippen molar-refractivity contribution in [3.8, 4) is 5.69 Å². The Morgan fingerprint density at radius 3 is 2.48 bits per heavy atom. The van der Waals surface area contributed by atoms with Crippen molar-refractivity contribution in [2.45, 2.75) is 25.8 Å². The lowest BCUT2D eigenvalue weighted by atomic mass is 10.0. The summed E-state index contributed by atoms with van der Waals surface area (Å²) in [6.45, 7) is 2.68. The van der Waals surface area contributed by atoms with Gasteiger partial charge in [0.25, 0.3) is 11.5 Å². The van der Waals surface area contributed by atoms with Crippen molar-refractivity contribution >= 4 is 5.91 Å². The van der Waals surface area contributed by atoms with Gasteiger partial charge in [0.2, 0.25) is 0 Å². The smallest absolute Gasteiger partial charge is 0.268 e. The van der Waals surface area contributed by atoms with Crippen molar-refractivity contribution in [2.75, 3.05) is 33.8 Å². The van der Waals surface area contributed by atoms with E-state index in [1.807, 2.05) is 14.1 Å². The number of aliphatic hydroxyl groups excluding tert-OH is 1. The van der Waals surface area contributed by atoms with Crippen molar-refractivity contribution in [1.29, 1.82) is 0 Å². The second-order valence-corrected chi connectivity index (χ2v) is 7.98. The van der Waals surface area contributed by atoms with Crippen molar-refractivity contribution in [2.24, 2.45) is 5.92 Å². The van der Waals surface area contributed by atoms with E-state index < -0.39 is 5.56 Å². The van der Waals surface area contributed by atoms with Gasteiger partial charge in [-0.05, 0) is 75.7 Å². The summed E-state index contributed by atoms with van der Waals surface area (Å²) in [6, 6.07) is 7.48. The lowest BCUT2D eigenvalue weighted by Gasteiger charge is -2.29. The number of nitrogens with zero attached hydrogens (tertiary/aromatic N) is 3. The molecule has 0 aliphatic carbocycles. The minimum atomic E-state index is -0.423. The van der Waals surface area contributed by atoms with E-state index in [2.05, 4.69) is 4.90 Å². The number of carbonyl (C=O) groups is 1. The van der Waals surface area contributed by atoms with Crippen molar-refractivity contribution in [1.82, 2.24) is 14.4 Å². The van der Waals surface area contributed by atoms with Crippen LogP contribution < -0.4 is 5.56 Å². The van der Waals surface area contributed by atoms with E-state index in [0.29, 0.717) is 24.3 Å². The van der Waals surface area contributed by atoms with Crippen LogP contribution in [0.5, 0.6) is 0 Å². The molecule has 1 aromatic carbocycles. The first-order valence-corrected chi connectivity index (χ1v) is 9.86. The Kier molecular flexibility index (Phi) is 6.49. The first kappa shape index (κ1) is 21.2. The summed E-state index contributed by atoms with van der Waals surface area (Å²) in [4.78, 5) is 30.4. The molecule has 6 nitrogen and oxygen atoms in total. The molecule has 1 aliphatic heterocycles. The van der Waals surface area contributed by atoms with E-state index >= 15 is 0 Å². The number of amides is 1. The van der Waals surface area contributed by atoms with E-state index in [-0.39, 0.29) is 35.9 Å². The maximum absolute atomic E-state index is 13.4. The second kappa shape index (κ2) is 8.88. The van der Waals surface area contributed by atoms with Gasteiger partial charge in [0.05, 0.1) is 0 Å². The normalized spacial score (nSPS) is 20.0. The van der Waals surface area contributed by atoms with Crippen LogP contribution in [0.2, 0.25) is 0 Å². The molecule has 7 heteroatoms. The Morgan fingerprint density at radius 1 is 1.17 bits per heavy atom. The molecular formula is C22H28FN3O3. The Balaban J connectivity index is 2.00. The molecule has 2 heterocycles.